The van der Waals surface area contributed by atoms with Crippen LogP contribution in [-0.2, 0) is 25.8 Å². The minimum Gasteiger partial charge on any atom is -0.351 e. The van der Waals surface area contributed by atoms with Gasteiger partial charge in [0, 0.05) is 18.0 Å². The molecular formula is C19H19N3S. The van der Waals surface area contributed by atoms with E-state index in [1.54, 1.807) is 11.2 Å². The second-order valence-electron chi connectivity index (χ2n) is 6.53. The number of rotatable bonds is 1. The third kappa shape index (κ3) is 2.16. The molecule has 0 saturated heterocycles. The Hall–Kier alpha value is -1.94. The van der Waals surface area contributed by atoms with Gasteiger partial charge in [0.15, 0.2) is 0 Å². The van der Waals surface area contributed by atoms with Crippen LogP contribution in [0.1, 0.15) is 34.4 Å². The van der Waals surface area contributed by atoms with Gasteiger partial charge in [-0.05, 0) is 48.8 Å². The molecule has 23 heavy (non-hydrogen) atoms. The lowest BCUT2D eigenvalue weighted by atomic mass is 9.96. The van der Waals surface area contributed by atoms with Crippen molar-refractivity contribution in [3.8, 4) is 0 Å². The van der Waals surface area contributed by atoms with Crippen LogP contribution in [0, 0.1) is 0 Å². The van der Waals surface area contributed by atoms with Crippen LogP contribution in [0.5, 0.6) is 0 Å². The molecule has 3 aromatic rings. The fraction of sp³-hybridized carbons (Fsp3) is 0.368. The number of nitrogens with zero attached hydrogens (tertiary/aromatic N) is 3. The van der Waals surface area contributed by atoms with E-state index in [1.165, 1.54) is 52.6 Å². The third-order valence-electron chi connectivity index (χ3n) is 5.16. The maximum absolute atomic E-state index is 4.71. The van der Waals surface area contributed by atoms with Crippen molar-refractivity contribution in [3.05, 3.63) is 52.2 Å². The summed E-state index contributed by atoms with van der Waals surface area (Å²) in [6.45, 7) is 2.01. The van der Waals surface area contributed by atoms with Gasteiger partial charge in [0.05, 0.1) is 5.39 Å². The van der Waals surface area contributed by atoms with Gasteiger partial charge in [-0.25, -0.2) is 9.97 Å². The normalized spacial score (nSPS) is 17.1. The molecule has 0 atom stereocenters. The summed E-state index contributed by atoms with van der Waals surface area (Å²) in [7, 11) is 0. The Labute approximate surface area is 140 Å². The highest BCUT2D eigenvalue weighted by atomic mass is 32.1. The molecule has 2 aliphatic rings. The van der Waals surface area contributed by atoms with Gasteiger partial charge in [-0.15, -0.1) is 11.3 Å². The number of aryl methyl sites for hydroxylation is 2. The molecule has 3 nitrogen and oxygen atoms in total. The zero-order valence-electron chi connectivity index (χ0n) is 13.1. The van der Waals surface area contributed by atoms with Gasteiger partial charge >= 0.3 is 0 Å². The highest BCUT2D eigenvalue weighted by Gasteiger charge is 2.24. The first-order valence-corrected chi connectivity index (χ1v) is 9.29. The number of benzene rings is 1. The minimum atomic E-state index is 0.965. The van der Waals surface area contributed by atoms with Crippen molar-refractivity contribution in [2.45, 2.75) is 38.6 Å². The quantitative estimate of drug-likeness (QED) is 0.675. The summed E-state index contributed by atoms with van der Waals surface area (Å²) in [4.78, 5) is 14.5. The maximum atomic E-state index is 4.71. The molecule has 1 aliphatic carbocycles. The van der Waals surface area contributed by atoms with E-state index in [2.05, 4.69) is 34.1 Å². The van der Waals surface area contributed by atoms with Crippen LogP contribution in [0.15, 0.2) is 30.6 Å². The maximum Gasteiger partial charge on any atom is 0.141 e. The lowest BCUT2D eigenvalue weighted by Gasteiger charge is -2.30. The Bertz CT molecular complexity index is 883. The largest absolute Gasteiger partial charge is 0.351 e. The van der Waals surface area contributed by atoms with Crippen LogP contribution in [-0.4, -0.2) is 16.5 Å². The number of hydrogen-bond acceptors (Lipinski definition) is 4. The third-order valence-corrected chi connectivity index (χ3v) is 6.36. The van der Waals surface area contributed by atoms with Crippen LogP contribution in [0.4, 0.5) is 5.82 Å². The predicted molar refractivity (Wildman–Crippen MR) is 95.3 cm³/mol. The zero-order chi connectivity index (χ0) is 15.2. The smallest absolute Gasteiger partial charge is 0.141 e. The van der Waals surface area contributed by atoms with Gasteiger partial charge in [-0.2, -0.15) is 0 Å². The van der Waals surface area contributed by atoms with Crippen LogP contribution in [0.25, 0.3) is 10.2 Å². The van der Waals surface area contributed by atoms with Gasteiger partial charge in [0.25, 0.3) is 0 Å². The molecule has 0 unspecified atom stereocenters. The number of aromatic nitrogens is 2. The molecule has 4 heteroatoms. The molecule has 116 valence electrons. The van der Waals surface area contributed by atoms with Gasteiger partial charge < -0.3 is 4.90 Å². The molecular weight excluding hydrogens is 302 g/mol. The fourth-order valence-electron chi connectivity index (χ4n) is 3.99. The van der Waals surface area contributed by atoms with E-state index in [-0.39, 0.29) is 0 Å². The van der Waals surface area contributed by atoms with Gasteiger partial charge in [-0.3, -0.25) is 0 Å². The van der Waals surface area contributed by atoms with Gasteiger partial charge in [-0.1, -0.05) is 24.3 Å². The summed E-state index contributed by atoms with van der Waals surface area (Å²) in [6.07, 6.45) is 7.89. The SMILES string of the molecule is c1ccc2c(c1)CCN(c1ncnc3sc4c(c13)CCCC4)C2. The van der Waals surface area contributed by atoms with Crippen molar-refractivity contribution in [2.75, 3.05) is 11.4 Å². The van der Waals surface area contributed by atoms with E-state index < -0.39 is 0 Å². The van der Waals surface area contributed by atoms with E-state index in [0.717, 1.165) is 25.3 Å². The Balaban J connectivity index is 1.62. The highest BCUT2D eigenvalue weighted by Crippen LogP contribution is 2.40. The Morgan fingerprint density at radius 1 is 0.957 bits per heavy atom. The first-order chi connectivity index (χ1) is 11.4. The van der Waals surface area contributed by atoms with Gasteiger partial charge in [0.1, 0.15) is 17.0 Å². The summed E-state index contributed by atoms with van der Waals surface area (Å²) in [6, 6.07) is 8.80. The molecule has 3 heterocycles. The Morgan fingerprint density at radius 3 is 2.78 bits per heavy atom. The highest BCUT2D eigenvalue weighted by molar-refractivity contribution is 7.19. The van der Waals surface area contributed by atoms with Crippen molar-refractivity contribution in [1.29, 1.82) is 0 Å². The molecule has 1 aromatic carbocycles. The lowest BCUT2D eigenvalue weighted by molar-refractivity contribution is 0.697. The number of hydrogen-bond donors (Lipinski definition) is 0. The lowest BCUT2D eigenvalue weighted by Crippen LogP contribution is -2.31. The molecule has 0 spiro atoms. The van der Waals surface area contributed by atoms with E-state index in [4.69, 9.17) is 4.98 Å². The standard InChI is InChI=1S/C19H19N3S/c1-2-6-14-11-22(10-9-13(14)5-1)18-17-15-7-3-4-8-16(15)23-19(17)21-12-20-18/h1-2,5-6,12H,3-4,7-11H2. The molecule has 0 saturated carbocycles. The Kier molecular flexibility index (Phi) is 3.11. The summed E-state index contributed by atoms with van der Waals surface area (Å²) >= 11 is 1.89. The minimum absolute atomic E-state index is 0.965. The summed E-state index contributed by atoms with van der Waals surface area (Å²) in [5.74, 6) is 1.16. The molecule has 1 aliphatic heterocycles. The Morgan fingerprint density at radius 2 is 1.83 bits per heavy atom. The molecule has 0 radical (unpaired) electrons. The van der Waals surface area contributed by atoms with Crippen molar-refractivity contribution in [1.82, 2.24) is 9.97 Å². The first kappa shape index (κ1) is 13.5. The van der Waals surface area contributed by atoms with Crippen LogP contribution in [0.2, 0.25) is 0 Å². The number of thiophene rings is 1. The van der Waals surface area contributed by atoms with Crippen LogP contribution in [0.3, 0.4) is 0 Å². The molecule has 2 aromatic heterocycles. The van der Waals surface area contributed by atoms with E-state index in [9.17, 15) is 0 Å². The van der Waals surface area contributed by atoms with Crippen molar-refractivity contribution < 1.29 is 0 Å². The topological polar surface area (TPSA) is 29.0 Å². The fourth-order valence-corrected chi connectivity index (χ4v) is 5.21. The monoisotopic (exact) mass is 321 g/mol. The van der Waals surface area contributed by atoms with Crippen LogP contribution >= 0.6 is 11.3 Å². The van der Waals surface area contributed by atoms with E-state index in [0.29, 0.717) is 0 Å². The average Bonchev–Trinajstić information content (AvgIpc) is 3.00. The second-order valence-corrected chi connectivity index (χ2v) is 7.61. The summed E-state index contributed by atoms with van der Waals surface area (Å²) < 4.78 is 0. The van der Waals surface area contributed by atoms with E-state index >= 15 is 0 Å². The van der Waals surface area contributed by atoms with Crippen molar-refractivity contribution in [3.63, 3.8) is 0 Å². The van der Waals surface area contributed by atoms with E-state index in [1.807, 2.05) is 11.3 Å². The molecule has 0 fully saturated rings. The average molecular weight is 321 g/mol. The van der Waals surface area contributed by atoms with Crippen molar-refractivity contribution in [2.24, 2.45) is 0 Å². The molecule has 0 amide bonds. The molecule has 5 rings (SSSR count). The number of anilines is 1. The summed E-state index contributed by atoms with van der Waals surface area (Å²) in [5, 5.41) is 1.34. The number of fused-ring (bicyclic) bond motifs is 4. The van der Waals surface area contributed by atoms with Crippen molar-refractivity contribution >= 4 is 27.4 Å². The molecule has 0 bridgehead atoms. The molecule has 0 N–H and O–H groups in total. The predicted octanol–water partition coefficient (Wildman–Crippen LogP) is 4.13. The first-order valence-electron chi connectivity index (χ1n) is 8.47. The zero-order valence-corrected chi connectivity index (χ0v) is 13.9. The second kappa shape index (κ2) is 5.31. The van der Waals surface area contributed by atoms with Crippen LogP contribution < -0.4 is 4.90 Å². The summed E-state index contributed by atoms with van der Waals surface area (Å²) in [5.41, 5.74) is 4.46. The van der Waals surface area contributed by atoms with Gasteiger partial charge in [0.2, 0.25) is 0 Å².